The van der Waals surface area contributed by atoms with Gasteiger partial charge in [0.2, 0.25) is 0 Å². The van der Waals surface area contributed by atoms with Gasteiger partial charge < -0.3 is 14.4 Å². The SMILES string of the molecule is COC(=O)[C@@H](OC(C)(C)C)c1c(C)cc2nc(-c3cccc(-c4cccc(C#N)c4)c3)cn2c1N1CCC(C)(C)CC1. The van der Waals surface area contributed by atoms with Crippen LogP contribution in [-0.2, 0) is 14.3 Å². The largest absolute Gasteiger partial charge is 0.467 e. The molecule has 1 fully saturated rings. The van der Waals surface area contributed by atoms with Gasteiger partial charge in [0.15, 0.2) is 6.10 Å². The zero-order valence-electron chi connectivity index (χ0n) is 25.7. The second-order valence-electron chi connectivity index (χ2n) is 13.0. The molecule has 218 valence electrons. The predicted octanol–water partition coefficient (Wildman–Crippen LogP) is 7.50. The van der Waals surface area contributed by atoms with Crippen molar-refractivity contribution in [3.8, 4) is 28.5 Å². The molecule has 3 heterocycles. The van der Waals surface area contributed by atoms with Gasteiger partial charge in [-0.25, -0.2) is 9.78 Å². The number of aryl methyl sites for hydroxylation is 1. The summed E-state index contributed by atoms with van der Waals surface area (Å²) in [6.45, 7) is 14.2. The number of hydrogen-bond acceptors (Lipinski definition) is 6. The summed E-state index contributed by atoms with van der Waals surface area (Å²) in [6.07, 6.45) is 3.25. The van der Waals surface area contributed by atoms with E-state index in [-0.39, 0.29) is 5.41 Å². The summed E-state index contributed by atoms with van der Waals surface area (Å²) in [5.41, 5.74) is 6.67. The minimum atomic E-state index is -0.883. The van der Waals surface area contributed by atoms with Crippen molar-refractivity contribution >= 4 is 17.4 Å². The summed E-state index contributed by atoms with van der Waals surface area (Å²) >= 11 is 0. The second-order valence-corrected chi connectivity index (χ2v) is 13.0. The Hall–Kier alpha value is -4.15. The molecule has 7 nitrogen and oxygen atoms in total. The van der Waals surface area contributed by atoms with Crippen LogP contribution in [0.2, 0.25) is 0 Å². The Bertz CT molecular complexity index is 1660. The van der Waals surface area contributed by atoms with E-state index in [0.29, 0.717) is 5.56 Å². The van der Waals surface area contributed by atoms with E-state index >= 15 is 0 Å². The summed E-state index contributed by atoms with van der Waals surface area (Å²) in [4.78, 5) is 20.7. The molecular weight excluding hydrogens is 524 g/mol. The molecular formula is C35H40N4O3. The number of pyridine rings is 1. The summed E-state index contributed by atoms with van der Waals surface area (Å²) < 4.78 is 13.8. The fourth-order valence-electron chi connectivity index (χ4n) is 5.67. The lowest BCUT2D eigenvalue weighted by atomic mass is 9.82. The van der Waals surface area contributed by atoms with Crippen molar-refractivity contribution in [2.45, 2.75) is 66.1 Å². The van der Waals surface area contributed by atoms with E-state index in [2.05, 4.69) is 47.5 Å². The van der Waals surface area contributed by atoms with Crippen molar-refractivity contribution in [2.75, 3.05) is 25.1 Å². The van der Waals surface area contributed by atoms with Crippen LogP contribution in [0, 0.1) is 23.7 Å². The third kappa shape index (κ3) is 6.05. The number of carbonyl (C=O) groups excluding carboxylic acids is 1. The van der Waals surface area contributed by atoms with Gasteiger partial charge in [-0.05, 0) is 86.9 Å². The lowest BCUT2D eigenvalue weighted by Crippen LogP contribution is -2.40. The maximum atomic E-state index is 13.3. The van der Waals surface area contributed by atoms with Crippen LogP contribution in [0.4, 0.5) is 5.82 Å². The Balaban J connectivity index is 1.68. The van der Waals surface area contributed by atoms with Crippen molar-refractivity contribution in [2.24, 2.45) is 5.41 Å². The number of nitrogens with zero attached hydrogens (tertiary/aromatic N) is 4. The molecule has 0 bridgehead atoms. The lowest BCUT2D eigenvalue weighted by Gasteiger charge is -2.40. The third-order valence-corrected chi connectivity index (χ3v) is 8.02. The number of methoxy groups -OCH3 is 1. The van der Waals surface area contributed by atoms with Crippen molar-refractivity contribution in [3.05, 3.63) is 77.5 Å². The number of benzene rings is 2. The van der Waals surface area contributed by atoms with E-state index in [0.717, 1.165) is 70.9 Å². The van der Waals surface area contributed by atoms with Gasteiger partial charge in [0.1, 0.15) is 11.5 Å². The van der Waals surface area contributed by atoms with E-state index in [9.17, 15) is 10.1 Å². The molecule has 0 aliphatic carbocycles. The molecule has 1 saturated heterocycles. The van der Waals surface area contributed by atoms with Crippen LogP contribution in [0.15, 0.2) is 60.8 Å². The molecule has 0 N–H and O–H groups in total. The number of esters is 1. The summed E-state index contributed by atoms with van der Waals surface area (Å²) in [6, 6.07) is 20.1. The first-order chi connectivity index (χ1) is 19.9. The van der Waals surface area contributed by atoms with Crippen molar-refractivity contribution < 1.29 is 14.3 Å². The van der Waals surface area contributed by atoms with Crippen LogP contribution in [0.1, 0.15) is 70.3 Å². The van der Waals surface area contributed by atoms with Gasteiger partial charge in [-0.15, -0.1) is 0 Å². The number of carbonyl (C=O) groups is 1. The number of imidazole rings is 1. The Morgan fingerprint density at radius 1 is 1.02 bits per heavy atom. The predicted molar refractivity (Wildman–Crippen MR) is 166 cm³/mol. The number of nitriles is 1. The van der Waals surface area contributed by atoms with Gasteiger partial charge in [0.05, 0.1) is 30.0 Å². The minimum Gasteiger partial charge on any atom is -0.467 e. The standard InChI is InChI=1S/C35H40N4O3/c1-23-18-29-37-28(27-13-9-12-26(20-27)25-11-8-10-24(19-25)21-36)22-39(29)32(38-16-14-35(5,6)15-17-38)30(23)31(33(40)41-7)42-34(2,3)4/h8-13,18-20,22,31H,14-17H2,1-7H3/t31-/m0/s1. The van der Waals surface area contributed by atoms with Gasteiger partial charge in [-0.1, -0.05) is 44.2 Å². The molecule has 5 rings (SSSR count). The summed E-state index contributed by atoms with van der Waals surface area (Å²) in [5, 5.41) is 9.38. The number of hydrogen-bond donors (Lipinski definition) is 0. The Morgan fingerprint density at radius 2 is 1.67 bits per heavy atom. The Labute approximate surface area is 248 Å². The molecule has 1 aliphatic heterocycles. The summed E-state index contributed by atoms with van der Waals surface area (Å²) in [7, 11) is 1.41. The molecule has 4 aromatic rings. The van der Waals surface area contributed by atoms with E-state index < -0.39 is 17.7 Å². The van der Waals surface area contributed by atoms with E-state index in [1.54, 1.807) is 0 Å². The number of rotatable bonds is 6. The average Bonchev–Trinajstić information content (AvgIpc) is 3.38. The number of ether oxygens (including phenoxy) is 2. The molecule has 0 radical (unpaired) electrons. The fourth-order valence-corrected chi connectivity index (χ4v) is 5.67. The molecule has 2 aromatic carbocycles. The van der Waals surface area contributed by atoms with Crippen molar-refractivity contribution in [1.29, 1.82) is 5.26 Å². The highest BCUT2D eigenvalue weighted by Crippen LogP contribution is 2.40. The average molecular weight is 565 g/mol. The van der Waals surface area contributed by atoms with Crippen LogP contribution in [0.5, 0.6) is 0 Å². The first-order valence-corrected chi connectivity index (χ1v) is 14.5. The molecule has 0 unspecified atom stereocenters. The van der Waals surface area contributed by atoms with Crippen molar-refractivity contribution in [3.63, 3.8) is 0 Å². The number of aromatic nitrogens is 2. The van der Waals surface area contributed by atoms with Crippen molar-refractivity contribution in [1.82, 2.24) is 9.38 Å². The van der Waals surface area contributed by atoms with E-state index in [4.69, 9.17) is 14.5 Å². The number of piperidine rings is 1. The van der Waals surface area contributed by atoms with Crippen LogP contribution in [-0.4, -0.2) is 41.2 Å². The topological polar surface area (TPSA) is 79.9 Å². The van der Waals surface area contributed by atoms with Gasteiger partial charge >= 0.3 is 5.97 Å². The molecule has 42 heavy (non-hydrogen) atoms. The highest BCUT2D eigenvalue weighted by molar-refractivity contribution is 5.81. The van der Waals surface area contributed by atoms with Crippen LogP contribution in [0.25, 0.3) is 28.0 Å². The Morgan fingerprint density at radius 3 is 2.31 bits per heavy atom. The maximum Gasteiger partial charge on any atom is 0.339 e. The first-order valence-electron chi connectivity index (χ1n) is 14.5. The van der Waals surface area contributed by atoms with Gasteiger partial charge in [0, 0.05) is 30.4 Å². The monoisotopic (exact) mass is 564 g/mol. The first kappa shape index (κ1) is 29.3. The molecule has 0 amide bonds. The normalized spacial score (nSPS) is 15.8. The molecule has 2 aromatic heterocycles. The molecule has 0 saturated carbocycles. The molecule has 1 atom stereocenters. The number of anilines is 1. The Kier molecular flexibility index (Phi) is 7.87. The highest BCUT2D eigenvalue weighted by Gasteiger charge is 2.36. The van der Waals surface area contributed by atoms with E-state index in [1.807, 2.05) is 70.2 Å². The van der Waals surface area contributed by atoms with Crippen LogP contribution < -0.4 is 4.90 Å². The molecule has 1 aliphatic rings. The maximum absolute atomic E-state index is 13.3. The quantitative estimate of drug-likeness (QED) is 0.226. The highest BCUT2D eigenvalue weighted by atomic mass is 16.6. The van der Waals surface area contributed by atoms with Gasteiger partial charge in [-0.3, -0.25) is 4.40 Å². The second kappa shape index (κ2) is 11.3. The zero-order chi connectivity index (χ0) is 30.2. The van der Waals surface area contributed by atoms with Gasteiger partial charge in [-0.2, -0.15) is 5.26 Å². The van der Waals surface area contributed by atoms with Gasteiger partial charge in [0.25, 0.3) is 0 Å². The number of fused-ring (bicyclic) bond motifs is 1. The minimum absolute atomic E-state index is 0.257. The summed E-state index contributed by atoms with van der Waals surface area (Å²) in [5.74, 6) is 0.510. The third-order valence-electron chi connectivity index (χ3n) is 8.02. The lowest BCUT2D eigenvalue weighted by molar-refractivity contribution is -0.164. The zero-order valence-corrected chi connectivity index (χ0v) is 25.7. The molecule has 7 heteroatoms. The fraction of sp³-hybridized carbons (Fsp3) is 0.400. The van der Waals surface area contributed by atoms with Crippen LogP contribution >= 0.6 is 0 Å². The van der Waals surface area contributed by atoms with E-state index in [1.165, 1.54) is 7.11 Å². The van der Waals surface area contributed by atoms with Crippen LogP contribution in [0.3, 0.4) is 0 Å². The smallest absolute Gasteiger partial charge is 0.339 e. The molecule has 0 spiro atoms.